The van der Waals surface area contributed by atoms with E-state index in [1.165, 1.54) is 0 Å². The van der Waals surface area contributed by atoms with Crippen LogP contribution in [-0.4, -0.2) is 27.9 Å². The van der Waals surface area contributed by atoms with Gasteiger partial charge in [0.15, 0.2) is 0 Å². The van der Waals surface area contributed by atoms with Gasteiger partial charge in [0.25, 0.3) is 0 Å². The van der Waals surface area contributed by atoms with Gasteiger partial charge in [-0.05, 0) is 50.3 Å². The first-order valence-corrected chi connectivity index (χ1v) is 5.35. The summed E-state index contributed by atoms with van der Waals surface area (Å²) in [5.74, 6) is 0.219. The summed E-state index contributed by atoms with van der Waals surface area (Å²) in [6, 6.07) is 3.97. The van der Waals surface area contributed by atoms with Crippen molar-refractivity contribution in [2.24, 2.45) is 0 Å². The number of aryl methyl sites for hydroxylation is 1. The van der Waals surface area contributed by atoms with Crippen LogP contribution in [0, 0.1) is 6.92 Å². The van der Waals surface area contributed by atoms with Gasteiger partial charge in [-0.15, -0.1) is 0 Å². The second-order valence-electron chi connectivity index (χ2n) is 4.02. The molecule has 1 aromatic heterocycles. The molecule has 3 nitrogen and oxygen atoms in total. The van der Waals surface area contributed by atoms with Crippen molar-refractivity contribution >= 4 is 0 Å². The van der Waals surface area contributed by atoms with Gasteiger partial charge in [0.1, 0.15) is 0 Å². The van der Waals surface area contributed by atoms with Gasteiger partial charge >= 0.3 is 0 Å². The third-order valence-electron chi connectivity index (χ3n) is 2.50. The van der Waals surface area contributed by atoms with Gasteiger partial charge in [0.2, 0.25) is 0 Å². The first kappa shape index (κ1) is 12.1. The van der Waals surface area contributed by atoms with Crippen LogP contribution in [0.3, 0.4) is 0 Å². The molecule has 1 rings (SSSR count). The Kier molecular flexibility index (Phi) is 4.72. The Balaban J connectivity index is 2.78. The van der Waals surface area contributed by atoms with Crippen molar-refractivity contribution in [2.75, 3.05) is 6.61 Å². The first-order chi connectivity index (χ1) is 7.13. The fourth-order valence-corrected chi connectivity index (χ4v) is 1.81. The molecular formula is C12H19NO2. The summed E-state index contributed by atoms with van der Waals surface area (Å²) in [5, 5.41) is 18.4. The summed E-state index contributed by atoms with van der Waals surface area (Å²) < 4.78 is 0. The average Bonchev–Trinajstić information content (AvgIpc) is 2.16. The van der Waals surface area contributed by atoms with Crippen molar-refractivity contribution in [3.8, 4) is 0 Å². The highest BCUT2D eigenvalue weighted by atomic mass is 16.3. The number of pyridine rings is 1. The van der Waals surface area contributed by atoms with E-state index >= 15 is 0 Å². The largest absolute Gasteiger partial charge is 0.396 e. The highest BCUT2D eigenvalue weighted by Crippen LogP contribution is 2.24. The van der Waals surface area contributed by atoms with Crippen molar-refractivity contribution in [3.05, 3.63) is 29.6 Å². The van der Waals surface area contributed by atoms with Crippen molar-refractivity contribution in [1.82, 2.24) is 4.98 Å². The Bertz CT molecular complexity index is 299. The van der Waals surface area contributed by atoms with Gasteiger partial charge in [0, 0.05) is 18.5 Å². The van der Waals surface area contributed by atoms with Crippen LogP contribution in [0.15, 0.2) is 18.3 Å². The van der Waals surface area contributed by atoms with Crippen LogP contribution in [0.1, 0.15) is 36.9 Å². The normalized spacial score (nSPS) is 14.9. The van der Waals surface area contributed by atoms with Gasteiger partial charge in [-0.2, -0.15) is 0 Å². The Morgan fingerprint density at radius 1 is 1.47 bits per heavy atom. The van der Waals surface area contributed by atoms with E-state index in [4.69, 9.17) is 5.11 Å². The van der Waals surface area contributed by atoms with Gasteiger partial charge < -0.3 is 10.2 Å². The van der Waals surface area contributed by atoms with Crippen LogP contribution in [0.2, 0.25) is 0 Å². The molecule has 0 aromatic carbocycles. The Morgan fingerprint density at radius 3 is 2.73 bits per heavy atom. The van der Waals surface area contributed by atoms with Gasteiger partial charge in [-0.1, -0.05) is 0 Å². The van der Waals surface area contributed by atoms with Gasteiger partial charge in [-0.3, -0.25) is 4.98 Å². The second kappa shape index (κ2) is 5.83. The van der Waals surface area contributed by atoms with Crippen molar-refractivity contribution < 1.29 is 10.2 Å². The lowest BCUT2D eigenvalue weighted by molar-refractivity contribution is 0.165. The van der Waals surface area contributed by atoms with Crippen molar-refractivity contribution in [1.29, 1.82) is 0 Å². The predicted octanol–water partition coefficient (Wildman–Crippen LogP) is 1.63. The minimum absolute atomic E-state index is 0.152. The van der Waals surface area contributed by atoms with Crippen LogP contribution in [0.4, 0.5) is 0 Å². The molecule has 2 atom stereocenters. The summed E-state index contributed by atoms with van der Waals surface area (Å²) in [5.41, 5.74) is 2.12. The Labute approximate surface area is 90.8 Å². The minimum atomic E-state index is -0.338. The van der Waals surface area contributed by atoms with Crippen molar-refractivity contribution in [3.63, 3.8) is 0 Å². The molecule has 0 saturated carbocycles. The van der Waals surface area contributed by atoms with E-state index in [2.05, 4.69) is 4.98 Å². The third-order valence-corrected chi connectivity index (χ3v) is 2.50. The molecular weight excluding hydrogens is 190 g/mol. The van der Waals surface area contributed by atoms with Crippen LogP contribution in [0.5, 0.6) is 0 Å². The summed E-state index contributed by atoms with van der Waals surface area (Å²) in [6.07, 6.45) is 2.81. The number of hydrogen-bond acceptors (Lipinski definition) is 3. The fourth-order valence-electron chi connectivity index (χ4n) is 1.81. The third kappa shape index (κ3) is 3.98. The molecule has 0 bridgehead atoms. The topological polar surface area (TPSA) is 53.4 Å². The molecule has 0 saturated heterocycles. The quantitative estimate of drug-likeness (QED) is 0.775. The van der Waals surface area contributed by atoms with E-state index in [0.717, 1.165) is 11.3 Å². The number of nitrogens with zero attached hydrogens (tertiary/aromatic N) is 1. The number of aliphatic hydroxyl groups excluding tert-OH is 2. The summed E-state index contributed by atoms with van der Waals surface area (Å²) in [7, 11) is 0. The molecule has 0 radical (unpaired) electrons. The van der Waals surface area contributed by atoms with Gasteiger partial charge in [-0.25, -0.2) is 0 Å². The number of aromatic nitrogens is 1. The van der Waals surface area contributed by atoms with Crippen molar-refractivity contribution in [2.45, 2.75) is 38.7 Å². The molecule has 0 aliphatic carbocycles. The minimum Gasteiger partial charge on any atom is -0.396 e. The zero-order chi connectivity index (χ0) is 11.3. The molecule has 1 heterocycles. The maximum Gasteiger partial charge on any atom is 0.0518 e. The molecule has 0 amide bonds. The smallest absolute Gasteiger partial charge is 0.0518 e. The standard InChI is InChI=1S/C12H19NO2/c1-9-7-11(3-5-13-9)12(4-6-14)8-10(2)15/h3,5,7,10,12,14-15H,4,6,8H2,1-2H3/t10-,12+/m0/s1. The average molecular weight is 209 g/mol. The van der Waals surface area contributed by atoms with Crippen LogP contribution < -0.4 is 0 Å². The first-order valence-electron chi connectivity index (χ1n) is 5.35. The van der Waals surface area contributed by atoms with Crippen LogP contribution in [0.25, 0.3) is 0 Å². The molecule has 0 unspecified atom stereocenters. The summed E-state index contributed by atoms with van der Waals surface area (Å²) in [4.78, 5) is 4.14. The Hall–Kier alpha value is -0.930. The van der Waals surface area contributed by atoms with E-state index in [1.807, 2.05) is 19.1 Å². The highest BCUT2D eigenvalue weighted by molar-refractivity contribution is 5.20. The van der Waals surface area contributed by atoms with Gasteiger partial charge in [0.05, 0.1) is 6.10 Å². The molecule has 0 aliphatic rings. The van der Waals surface area contributed by atoms with E-state index in [9.17, 15) is 5.11 Å². The van der Waals surface area contributed by atoms with E-state index in [0.29, 0.717) is 12.8 Å². The number of rotatable bonds is 5. The van der Waals surface area contributed by atoms with E-state index in [-0.39, 0.29) is 18.6 Å². The summed E-state index contributed by atoms with van der Waals surface area (Å²) in [6.45, 7) is 3.87. The molecule has 15 heavy (non-hydrogen) atoms. The maximum absolute atomic E-state index is 9.38. The lowest BCUT2D eigenvalue weighted by Gasteiger charge is -2.18. The SMILES string of the molecule is Cc1cc([C@H](CCO)C[C@H](C)O)ccn1. The predicted molar refractivity (Wildman–Crippen MR) is 59.7 cm³/mol. The Morgan fingerprint density at radius 2 is 2.20 bits per heavy atom. The van der Waals surface area contributed by atoms with E-state index < -0.39 is 0 Å². The summed E-state index contributed by atoms with van der Waals surface area (Å²) >= 11 is 0. The molecule has 2 N–H and O–H groups in total. The lowest BCUT2D eigenvalue weighted by atomic mass is 9.91. The maximum atomic E-state index is 9.38. The zero-order valence-electron chi connectivity index (χ0n) is 9.35. The molecule has 1 aromatic rings. The van der Waals surface area contributed by atoms with Crippen LogP contribution >= 0.6 is 0 Å². The zero-order valence-corrected chi connectivity index (χ0v) is 9.35. The monoisotopic (exact) mass is 209 g/mol. The number of aliphatic hydroxyl groups is 2. The van der Waals surface area contributed by atoms with E-state index in [1.54, 1.807) is 13.1 Å². The molecule has 84 valence electrons. The molecule has 0 fully saturated rings. The fraction of sp³-hybridized carbons (Fsp3) is 0.583. The molecule has 0 spiro atoms. The number of hydrogen-bond donors (Lipinski definition) is 2. The highest BCUT2D eigenvalue weighted by Gasteiger charge is 2.13. The molecule has 3 heteroatoms. The van der Waals surface area contributed by atoms with Crippen LogP contribution in [-0.2, 0) is 0 Å². The molecule has 0 aliphatic heterocycles. The second-order valence-corrected chi connectivity index (χ2v) is 4.02. The lowest BCUT2D eigenvalue weighted by Crippen LogP contribution is -2.10.